The van der Waals surface area contributed by atoms with Gasteiger partial charge in [0.25, 0.3) is 5.91 Å². The van der Waals surface area contributed by atoms with Crippen molar-refractivity contribution in [2.75, 3.05) is 0 Å². The van der Waals surface area contributed by atoms with E-state index in [0.717, 1.165) is 4.88 Å². The monoisotopic (exact) mass is 307 g/mol. The number of nitrogens with zero attached hydrogens (tertiary/aromatic N) is 1. The fraction of sp³-hybridized carbons (Fsp3) is 0.500. The lowest BCUT2D eigenvalue weighted by Gasteiger charge is -2.37. The molecule has 2 aliphatic rings. The second kappa shape index (κ2) is 5.95. The topological polar surface area (TPSA) is 90.8 Å². The minimum atomic E-state index is -0.263. The smallest absolute Gasteiger partial charge is 0.268 e. The third kappa shape index (κ3) is 3.14. The zero-order valence-electron chi connectivity index (χ0n) is 11.4. The molecule has 3 rings (SSSR count). The third-order valence-corrected chi connectivity index (χ3v) is 4.88. The van der Waals surface area contributed by atoms with Gasteiger partial charge in [0.15, 0.2) is 0 Å². The number of thiophene rings is 1. The van der Waals surface area contributed by atoms with Crippen LogP contribution in [0.4, 0.5) is 0 Å². The second-order valence-electron chi connectivity index (χ2n) is 5.45. The van der Waals surface area contributed by atoms with E-state index in [0.29, 0.717) is 25.0 Å². The van der Waals surface area contributed by atoms with Gasteiger partial charge in [0.1, 0.15) is 5.71 Å². The fourth-order valence-corrected chi connectivity index (χ4v) is 3.52. The van der Waals surface area contributed by atoms with E-state index >= 15 is 0 Å². The maximum atomic E-state index is 12.3. The molecule has 21 heavy (non-hydrogen) atoms. The van der Waals surface area contributed by atoms with Crippen molar-refractivity contribution >= 4 is 28.9 Å². The van der Waals surface area contributed by atoms with Gasteiger partial charge in [0, 0.05) is 17.7 Å². The highest BCUT2D eigenvalue weighted by molar-refractivity contribution is 7.10. The number of aliphatic hydroxyl groups is 1. The summed E-state index contributed by atoms with van der Waals surface area (Å²) in [6.45, 7) is 0. The first kappa shape index (κ1) is 14.2. The van der Waals surface area contributed by atoms with Crippen LogP contribution in [0.2, 0.25) is 0 Å². The predicted octanol–water partition coefficient (Wildman–Crippen LogP) is 0.942. The van der Waals surface area contributed by atoms with Gasteiger partial charge in [-0.3, -0.25) is 9.59 Å². The van der Waals surface area contributed by atoms with Crippen molar-refractivity contribution in [3.05, 3.63) is 22.4 Å². The van der Waals surface area contributed by atoms with Crippen LogP contribution in [-0.4, -0.2) is 28.7 Å². The molecule has 1 aromatic rings. The first-order valence-corrected chi connectivity index (χ1v) is 7.89. The van der Waals surface area contributed by atoms with E-state index in [2.05, 4.69) is 15.8 Å². The van der Waals surface area contributed by atoms with Crippen LogP contribution >= 0.6 is 11.3 Å². The minimum Gasteiger partial charge on any atom is -0.393 e. The molecule has 6 nitrogen and oxygen atoms in total. The van der Waals surface area contributed by atoms with Gasteiger partial charge in [-0.05, 0) is 30.2 Å². The number of hydrogen-bond acceptors (Lipinski definition) is 5. The van der Waals surface area contributed by atoms with Crippen molar-refractivity contribution in [1.29, 1.82) is 0 Å². The van der Waals surface area contributed by atoms with Crippen molar-refractivity contribution in [2.45, 2.75) is 37.8 Å². The molecule has 1 atom stereocenters. The Bertz CT molecular complexity index is 564. The van der Waals surface area contributed by atoms with Crippen LogP contribution in [0.1, 0.15) is 36.6 Å². The molecular formula is C14H17N3O3S. The first-order valence-electron chi connectivity index (χ1n) is 7.01. The summed E-state index contributed by atoms with van der Waals surface area (Å²) in [6.07, 6.45) is 1.79. The molecule has 1 fully saturated rings. The normalized spacial score (nSPS) is 26.3. The van der Waals surface area contributed by atoms with Crippen LogP contribution in [0.15, 0.2) is 22.6 Å². The summed E-state index contributed by atoms with van der Waals surface area (Å²) in [7, 11) is 0. The van der Waals surface area contributed by atoms with Gasteiger partial charge in [-0.15, -0.1) is 11.3 Å². The van der Waals surface area contributed by atoms with Crippen molar-refractivity contribution in [3.63, 3.8) is 0 Å². The summed E-state index contributed by atoms with van der Waals surface area (Å²) in [5.41, 5.74) is 2.69. The molecule has 3 N–H and O–H groups in total. The van der Waals surface area contributed by atoms with E-state index in [1.807, 2.05) is 17.5 Å². The molecule has 0 bridgehead atoms. The van der Waals surface area contributed by atoms with Crippen LogP contribution in [0.3, 0.4) is 0 Å². The molecule has 0 radical (unpaired) electrons. The van der Waals surface area contributed by atoms with Gasteiger partial charge >= 0.3 is 0 Å². The van der Waals surface area contributed by atoms with E-state index in [4.69, 9.17) is 0 Å². The molecule has 0 aromatic carbocycles. The molecular weight excluding hydrogens is 290 g/mol. The van der Waals surface area contributed by atoms with Crippen molar-refractivity contribution in [2.24, 2.45) is 11.0 Å². The highest BCUT2D eigenvalue weighted by Gasteiger charge is 2.36. The number of hydrogen-bond donors (Lipinski definition) is 3. The van der Waals surface area contributed by atoms with E-state index in [-0.39, 0.29) is 36.3 Å². The van der Waals surface area contributed by atoms with Crippen LogP contribution in [0, 0.1) is 5.92 Å². The number of carbonyl (C=O) groups is 2. The maximum Gasteiger partial charge on any atom is 0.268 e. The number of aliphatic hydroxyl groups excluding tert-OH is 1. The van der Waals surface area contributed by atoms with Crippen molar-refractivity contribution in [1.82, 2.24) is 10.7 Å². The minimum absolute atomic E-state index is 0.0961. The molecule has 7 heteroatoms. The Kier molecular flexibility index (Phi) is 4.03. The Labute approximate surface area is 126 Å². The largest absolute Gasteiger partial charge is 0.393 e. The first-order chi connectivity index (χ1) is 10.1. The van der Waals surface area contributed by atoms with Crippen LogP contribution in [0.25, 0.3) is 0 Å². The number of rotatable bonds is 4. The van der Waals surface area contributed by atoms with Gasteiger partial charge in [-0.25, -0.2) is 5.43 Å². The second-order valence-corrected chi connectivity index (χ2v) is 6.42. The molecule has 0 saturated heterocycles. The van der Waals surface area contributed by atoms with Gasteiger partial charge < -0.3 is 10.4 Å². The number of hydrazone groups is 1. The Morgan fingerprint density at radius 3 is 2.86 bits per heavy atom. The highest BCUT2D eigenvalue weighted by Crippen LogP contribution is 2.39. The Balaban J connectivity index is 1.70. The molecule has 2 amide bonds. The molecule has 2 heterocycles. The molecule has 1 unspecified atom stereocenters. The van der Waals surface area contributed by atoms with Crippen LogP contribution < -0.4 is 10.7 Å². The molecule has 1 saturated carbocycles. The lowest BCUT2D eigenvalue weighted by Crippen LogP contribution is -2.44. The van der Waals surface area contributed by atoms with Crippen LogP contribution in [-0.2, 0) is 9.59 Å². The Hall–Kier alpha value is -1.73. The van der Waals surface area contributed by atoms with Gasteiger partial charge in [0.2, 0.25) is 5.91 Å². The standard InChI is InChI=1S/C14H17N3O3S/c18-9-6-8(7-9)13(11-2-1-5-21-11)15-14(20)10-3-4-12(19)17-16-10/h1-2,5,8-9,13,18H,3-4,6-7H2,(H,15,20)(H,17,19). The fourth-order valence-electron chi connectivity index (χ4n) is 2.65. The van der Waals surface area contributed by atoms with Gasteiger partial charge in [-0.1, -0.05) is 6.07 Å². The molecule has 0 spiro atoms. The number of nitrogens with one attached hydrogen (secondary N) is 2. The summed E-state index contributed by atoms with van der Waals surface area (Å²) in [5.74, 6) is -0.153. The van der Waals surface area contributed by atoms with Crippen molar-refractivity contribution < 1.29 is 14.7 Å². The van der Waals surface area contributed by atoms with Gasteiger partial charge in [0.05, 0.1) is 12.1 Å². The lowest BCUT2D eigenvalue weighted by molar-refractivity contribution is -0.121. The quantitative estimate of drug-likeness (QED) is 0.773. The summed E-state index contributed by atoms with van der Waals surface area (Å²) in [6, 6.07) is 3.85. The van der Waals surface area contributed by atoms with E-state index in [1.165, 1.54) is 0 Å². The zero-order valence-corrected chi connectivity index (χ0v) is 12.2. The number of amides is 2. The average molecular weight is 307 g/mol. The van der Waals surface area contributed by atoms with E-state index < -0.39 is 0 Å². The van der Waals surface area contributed by atoms with Gasteiger partial charge in [-0.2, -0.15) is 5.10 Å². The third-order valence-electron chi connectivity index (χ3n) is 3.92. The summed E-state index contributed by atoms with van der Waals surface area (Å²) < 4.78 is 0. The zero-order chi connectivity index (χ0) is 14.8. The average Bonchev–Trinajstić information content (AvgIpc) is 2.96. The summed E-state index contributed by atoms with van der Waals surface area (Å²) >= 11 is 1.59. The molecule has 1 aliphatic heterocycles. The molecule has 1 aromatic heterocycles. The molecule has 1 aliphatic carbocycles. The summed E-state index contributed by atoms with van der Waals surface area (Å²) in [5, 5.41) is 18.3. The number of carbonyl (C=O) groups excluding carboxylic acids is 2. The molecule has 112 valence electrons. The highest BCUT2D eigenvalue weighted by atomic mass is 32.1. The van der Waals surface area contributed by atoms with E-state index in [9.17, 15) is 14.7 Å². The Morgan fingerprint density at radius 2 is 2.29 bits per heavy atom. The van der Waals surface area contributed by atoms with Crippen LogP contribution in [0.5, 0.6) is 0 Å². The maximum absolute atomic E-state index is 12.3. The lowest BCUT2D eigenvalue weighted by atomic mass is 9.76. The van der Waals surface area contributed by atoms with E-state index in [1.54, 1.807) is 11.3 Å². The summed E-state index contributed by atoms with van der Waals surface area (Å²) in [4.78, 5) is 24.4. The van der Waals surface area contributed by atoms with Crippen molar-refractivity contribution in [3.8, 4) is 0 Å². The SMILES string of the molecule is O=C1CCC(C(=O)NC(c2cccs2)C2CC(O)C2)=NN1. The Morgan fingerprint density at radius 1 is 1.48 bits per heavy atom. The predicted molar refractivity (Wildman–Crippen MR) is 78.7 cm³/mol.